The Morgan fingerprint density at radius 1 is 1.16 bits per heavy atom. The second-order valence-corrected chi connectivity index (χ2v) is 7.88. The number of carbonyl (C=O) groups excluding carboxylic acids is 2. The lowest BCUT2D eigenvalue weighted by atomic mass is 9.88. The van der Waals surface area contributed by atoms with Gasteiger partial charge in [-0.15, -0.1) is 12.4 Å². The third kappa shape index (κ3) is 4.62. The number of carbonyl (C=O) groups is 2. The Labute approximate surface area is 156 Å². The van der Waals surface area contributed by atoms with Crippen molar-refractivity contribution in [3.8, 4) is 0 Å². The van der Waals surface area contributed by atoms with Crippen molar-refractivity contribution in [3.63, 3.8) is 0 Å². The molecule has 1 amide bonds. The maximum atomic E-state index is 12.7. The topological polar surface area (TPSA) is 63.4 Å². The van der Waals surface area contributed by atoms with Crippen LogP contribution < -0.4 is 5.73 Å². The van der Waals surface area contributed by atoms with E-state index in [9.17, 15) is 9.59 Å². The first-order valence-corrected chi connectivity index (χ1v) is 9.10. The van der Waals surface area contributed by atoms with E-state index in [0.717, 1.165) is 37.7 Å². The Balaban J connectivity index is 0.00000225. The van der Waals surface area contributed by atoms with Crippen molar-refractivity contribution in [2.45, 2.75) is 51.5 Å². The van der Waals surface area contributed by atoms with Crippen LogP contribution in [0.2, 0.25) is 0 Å². The van der Waals surface area contributed by atoms with E-state index < -0.39 is 5.54 Å². The number of amides is 1. The Morgan fingerprint density at radius 3 is 2.20 bits per heavy atom. The summed E-state index contributed by atoms with van der Waals surface area (Å²) in [5.74, 6) is 0.933. The molecule has 0 atom stereocenters. The Kier molecular flexibility index (Phi) is 6.28. The van der Waals surface area contributed by atoms with Gasteiger partial charge in [-0.25, -0.2) is 0 Å². The monoisotopic (exact) mass is 364 g/mol. The zero-order chi connectivity index (χ0) is 17.3. The molecule has 0 spiro atoms. The lowest BCUT2D eigenvalue weighted by Gasteiger charge is -2.33. The second-order valence-electron chi connectivity index (χ2n) is 7.88. The first kappa shape index (κ1) is 19.9. The average Bonchev–Trinajstić information content (AvgIpc) is 3.33. The third-order valence-corrected chi connectivity index (χ3v) is 5.25. The molecular weight excluding hydrogens is 336 g/mol. The van der Waals surface area contributed by atoms with E-state index in [4.69, 9.17) is 5.73 Å². The SMILES string of the molecule is CC(C)Cc1ccc(C(=O)C2CCN(C(=O)C3(N)CC3)CC2)cc1.Cl. The minimum absolute atomic E-state index is 0. The van der Waals surface area contributed by atoms with E-state index in [2.05, 4.69) is 26.0 Å². The number of Topliss-reactive ketones (excluding diaryl/α,β-unsaturated/α-hetero) is 1. The molecule has 0 radical (unpaired) electrons. The maximum Gasteiger partial charge on any atom is 0.242 e. The van der Waals surface area contributed by atoms with Crippen LogP contribution in [0.1, 0.15) is 55.5 Å². The van der Waals surface area contributed by atoms with E-state index in [1.54, 1.807) is 0 Å². The van der Waals surface area contributed by atoms with Crippen molar-refractivity contribution in [2.75, 3.05) is 13.1 Å². The molecule has 0 aromatic heterocycles. The van der Waals surface area contributed by atoms with Crippen molar-refractivity contribution >= 4 is 24.1 Å². The largest absolute Gasteiger partial charge is 0.341 e. The van der Waals surface area contributed by atoms with Gasteiger partial charge >= 0.3 is 0 Å². The van der Waals surface area contributed by atoms with Gasteiger partial charge in [-0.05, 0) is 43.6 Å². The maximum absolute atomic E-state index is 12.7. The van der Waals surface area contributed by atoms with E-state index in [0.29, 0.717) is 19.0 Å². The van der Waals surface area contributed by atoms with E-state index in [1.807, 2.05) is 17.0 Å². The summed E-state index contributed by atoms with van der Waals surface area (Å²) in [6.45, 7) is 5.70. The van der Waals surface area contributed by atoms with Crippen LogP contribution in [0.4, 0.5) is 0 Å². The molecule has 2 N–H and O–H groups in total. The molecule has 5 heteroatoms. The number of benzene rings is 1. The van der Waals surface area contributed by atoms with Gasteiger partial charge in [-0.1, -0.05) is 38.1 Å². The third-order valence-electron chi connectivity index (χ3n) is 5.25. The molecule has 1 saturated heterocycles. The van der Waals surface area contributed by atoms with Crippen LogP contribution in [0.5, 0.6) is 0 Å². The van der Waals surface area contributed by atoms with Crippen LogP contribution in [0.15, 0.2) is 24.3 Å². The van der Waals surface area contributed by atoms with Crippen LogP contribution in [0.3, 0.4) is 0 Å². The highest BCUT2D eigenvalue weighted by atomic mass is 35.5. The number of nitrogens with zero attached hydrogens (tertiary/aromatic N) is 1. The molecule has 1 aromatic carbocycles. The predicted molar refractivity (Wildman–Crippen MR) is 102 cm³/mol. The smallest absolute Gasteiger partial charge is 0.242 e. The lowest BCUT2D eigenvalue weighted by molar-refractivity contribution is -0.134. The summed E-state index contributed by atoms with van der Waals surface area (Å²) in [7, 11) is 0. The van der Waals surface area contributed by atoms with Gasteiger partial charge in [0.1, 0.15) is 0 Å². The number of nitrogens with two attached hydrogens (primary N) is 1. The summed E-state index contributed by atoms with van der Waals surface area (Å²) in [6, 6.07) is 8.04. The van der Waals surface area contributed by atoms with Crippen molar-refractivity contribution in [3.05, 3.63) is 35.4 Å². The molecule has 1 aliphatic carbocycles. The minimum Gasteiger partial charge on any atom is -0.341 e. The summed E-state index contributed by atoms with van der Waals surface area (Å²) in [4.78, 5) is 26.8. The molecule has 138 valence electrons. The summed E-state index contributed by atoms with van der Waals surface area (Å²) < 4.78 is 0. The summed E-state index contributed by atoms with van der Waals surface area (Å²) in [5.41, 5.74) is 7.48. The summed E-state index contributed by atoms with van der Waals surface area (Å²) in [6.07, 6.45) is 4.12. The molecule has 1 aromatic rings. The van der Waals surface area contributed by atoms with Gasteiger partial charge in [0.25, 0.3) is 0 Å². The number of hydrogen-bond acceptors (Lipinski definition) is 3. The average molecular weight is 365 g/mol. The van der Waals surface area contributed by atoms with Crippen LogP contribution in [0.25, 0.3) is 0 Å². The zero-order valence-electron chi connectivity index (χ0n) is 15.2. The fourth-order valence-corrected chi connectivity index (χ4v) is 3.52. The highest BCUT2D eigenvalue weighted by Crippen LogP contribution is 2.35. The molecular formula is C20H29ClN2O2. The molecule has 0 unspecified atom stereocenters. The molecule has 1 saturated carbocycles. The number of rotatable bonds is 5. The van der Waals surface area contributed by atoms with E-state index in [-0.39, 0.29) is 30.0 Å². The zero-order valence-corrected chi connectivity index (χ0v) is 16.0. The van der Waals surface area contributed by atoms with Crippen molar-refractivity contribution < 1.29 is 9.59 Å². The van der Waals surface area contributed by atoms with Crippen LogP contribution >= 0.6 is 12.4 Å². The molecule has 25 heavy (non-hydrogen) atoms. The van der Waals surface area contributed by atoms with Gasteiger partial charge in [-0.2, -0.15) is 0 Å². The van der Waals surface area contributed by atoms with Crippen LogP contribution in [-0.2, 0) is 11.2 Å². The lowest BCUT2D eigenvalue weighted by Crippen LogP contribution is -2.49. The van der Waals surface area contributed by atoms with Gasteiger partial charge in [0.05, 0.1) is 5.54 Å². The normalized spacial score (nSPS) is 19.4. The number of halogens is 1. The Hall–Kier alpha value is -1.39. The predicted octanol–water partition coefficient (Wildman–Crippen LogP) is 3.22. The fourth-order valence-electron chi connectivity index (χ4n) is 3.52. The highest BCUT2D eigenvalue weighted by Gasteiger charge is 2.48. The Bertz CT molecular complexity index is 615. The van der Waals surface area contributed by atoms with Crippen molar-refractivity contribution in [1.29, 1.82) is 0 Å². The van der Waals surface area contributed by atoms with Gasteiger partial charge in [-0.3, -0.25) is 9.59 Å². The van der Waals surface area contributed by atoms with E-state index in [1.165, 1.54) is 5.56 Å². The standard InChI is InChI=1S/C20H28N2O2.ClH/c1-14(2)13-15-3-5-16(6-4-15)18(23)17-7-11-22(12-8-17)19(24)20(21)9-10-20;/h3-6,14,17H,7-13,21H2,1-2H3;1H. The molecule has 2 fully saturated rings. The number of likely N-dealkylation sites (tertiary alicyclic amines) is 1. The Morgan fingerprint density at radius 2 is 1.72 bits per heavy atom. The van der Waals surface area contributed by atoms with Gasteiger partial charge in [0, 0.05) is 24.6 Å². The van der Waals surface area contributed by atoms with E-state index >= 15 is 0 Å². The molecule has 4 nitrogen and oxygen atoms in total. The fraction of sp³-hybridized carbons (Fsp3) is 0.600. The molecule has 3 rings (SSSR count). The van der Waals surface area contributed by atoms with Gasteiger partial charge in [0.2, 0.25) is 5.91 Å². The quantitative estimate of drug-likeness (QED) is 0.816. The number of hydrogen-bond donors (Lipinski definition) is 1. The number of ketones is 1. The van der Waals surface area contributed by atoms with Crippen LogP contribution in [0, 0.1) is 11.8 Å². The second kappa shape index (κ2) is 7.88. The molecule has 0 bridgehead atoms. The number of piperidine rings is 1. The molecule has 1 aliphatic heterocycles. The summed E-state index contributed by atoms with van der Waals surface area (Å²) in [5, 5.41) is 0. The van der Waals surface area contributed by atoms with Crippen molar-refractivity contribution in [2.24, 2.45) is 17.6 Å². The van der Waals surface area contributed by atoms with Crippen LogP contribution in [-0.4, -0.2) is 35.2 Å². The molecule has 1 heterocycles. The minimum atomic E-state index is -0.594. The van der Waals surface area contributed by atoms with Gasteiger partial charge < -0.3 is 10.6 Å². The van der Waals surface area contributed by atoms with Gasteiger partial charge in [0.15, 0.2) is 5.78 Å². The first-order valence-electron chi connectivity index (χ1n) is 9.10. The summed E-state index contributed by atoms with van der Waals surface area (Å²) >= 11 is 0. The first-order chi connectivity index (χ1) is 11.4. The molecule has 2 aliphatic rings. The highest BCUT2D eigenvalue weighted by molar-refractivity contribution is 5.98. The van der Waals surface area contributed by atoms with Crippen molar-refractivity contribution in [1.82, 2.24) is 4.90 Å².